The Hall–Kier alpha value is -1.13. The molecule has 5 heteroatoms. The molecule has 0 saturated heterocycles. The maximum Gasteiger partial charge on any atom is 0.126 e. The second-order valence-corrected chi connectivity index (χ2v) is 5.09. The summed E-state index contributed by atoms with van der Waals surface area (Å²) in [5.74, 6) is 5.29. The summed E-state index contributed by atoms with van der Waals surface area (Å²) in [7, 11) is 0. The molecule has 0 amide bonds. The standard InChI is InChI=1S/C14H13Cl2FN2/c15-11-5-10(6-12(16)8-11)14(19-18)7-9-3-1-2-4-13(9)17/h1-6,8,14,19H,7,18H2. The molecule has 2 rings (SSSR count). The molecule has 0 spiro atoms. The van der Waals surface area contributed by atoms with Crippen LogP contribution in [-0.4, -0.2) is 0 Å². The zero-order chi connectivity index (χ0) is 13.8. The van der Waals surface area contributed by atoms with Gasteiger partial charge in [-0.3, -0.25) is 11.3 Å². The smallest absolute Gasteiger partial charge is 0.126 e. The van der Waals surface area contributed by atoms with Crippen LogP contribution in [0.3, 0.4) is 0 Å². The second-order valence-electron chi connectivity index (χ2n) is 4.22. The van der Waals surface area contributed by atoms with Crippen LogP contribution in [0.15, 0.2) is 42.5 Å². The van der Waals surface area contributed by atoms with E-state index in [9.17, 15) is 4.39 Å². The van der Waals surface area contributed by atoms with Gasteiger partial charge in [0.2, 0.25) is 0 Å². The molecule has 19 heavy (non-hydrogen) atoms. The normalized spacial score (nSPS) is 12.4. The minimum atomic E-state index is -0.256. The van der Waals surface area contributed by atoms with Gasteiger partial charge < -0.3 is 0 Å². The second kappa shape index (κ2) is 6.35. The predicted molar refractivity (Wildman–Crippen MR) is 76.6 cm³/mol. The van der Waals surface area contributed by atoms with E-state index < -0.39 is 0 Å². The fourth-order valence-electron chi connectivity index (χ4n) is 1.93. The molecule has 100 valence electrons. The Bertz CT molecular complexity index is 555. The van der Waals surface area contributed by atoms with Gasteiger partial charge in [0, 0.05) is 10.0 Å². The van der Waals surface area contributed by atoms with Crippen LogP contribution in [0.25, 0.3) is 0 Å². The maximum atomic E-state index is 13.6. The third-order valence-corrected chi connectivity index (χ3v) is 3.31. The molecule has 2 aromatic rings. The Morgan fingerprint density at radius 3 is 2.32 bits per heavy atom. The lowest BCUT2D eigenvalue weighted by atomic mass is 9.99. The molecule has 1 atom stereocenters. The van der Waals surface area contributed by atoms with Gasteiger partial charge in [-0.15, -0.1) is 0 Å². The van der Waals surface area contributed by atoms with Crippen molar-refractivity contribution < 1.29 is 4.39 Å². The first-order valence-electron chi connectivity index (χ1n) is 5.75. The van der Waals surface area contributed by atoms with E-state index in [0.717, 1.165) is 5.56 Å². The third kappa shape index (κ3) is 3.67. The van der Waals surface area contributed by atoms with Crippen molar-refractivity contribution in [3.8, 4) is 0 Å². The van der Waals surface area contributed by atoms with Crippen LogP contribution in [0.5, 0.6) is 0 Å². The van der Waals surface area contributed by atoms with Gasteiger partial charge in [0.15, 0.2) is 0 Å². The first-order chi connectivity index (χ1) is 9.10. The van der Waals surface area contributed by atoms with Crippen LogP contribution in [0, 0.1) is 5.82 Å². The van der Waals surface area contributed by atoms with Gasteiger partial charge in [-0.2, -0.15) is 0 Å². The molecule has 0 fully saturated rings. The summed E-state index contributed by atoms with van der Waals surface area (Å²) in [6.07, 6.45) is 0.417. The highest BCUT2D eigenvalue weighted by molar-refractivity contribution is 6.34. The molecule has 2 nitrogen and oxygen atoms in total. The van der Waals surface area contributed by atoms with Gasteiger partial charge in [0.05, 0.1) is 6.04 Å². The zero-order valence-corrected chi connectivity index (χ0v) is 11.5. The molecule has 0 aliphatic heterocycles. The van der Waals surface area contributed by atoms with Gasteiger partial charge in [0.1, 0.15) is 5.82 Å². The van der Waals surface area contributed by atoms with E-state index in [1.807, 2.05) is 0 Å². The minimum absolute atomic E-state index is 0.254. The lowest BCUT2D eigenvalue weighted by molar-refractivity contribution is 0.529. The number of nitrogens with two attached hydrogens (primary N) is 1. The van der Waals surface area contributed by atoms with Crippen LogP contribution in [0.4, 0.5) is 4.39 Å². The Morgan fingerprint density at radius 2 is 1.74 bits per heavy atom. The number of halogens is 3. The Balaban J connectivity index is 2.28. The van der Waals surface area contributed by atoms with Crippen LogP contribution in [0.1, 0.15) is 17.2 Å². The quantitative estimate of drug-likeness (QED) is 0.664. The molecule has 2 aromatic carbocycles. The fraction of sp³-hybridized carbons (Fsp3) is 0.143. The topological polar surface area (TPSA) is 38.0 Å². The van der Waals surface area contributed by atoms with Gasteiger partial charge in [-0.1, -0.05) is 41.4 Å². The molecule has 3 N–H and O–H groups in total. The zero-order valence-electron chi connectivity index (χ0n) is 10.0. The number of rotatable bonds is 4. The molecule has 0 heterocycles. The van der Waals surface area contributed by atoms with E-state index in [-0.39, 0.29) is 11.9 Å². The largest absolute Gasteiger partial charge is 0.271 e. The maximum absolute atomic E-state index is 13.6. The van der Waals surface area contributed by atoms with Crippen molar-refractivity contribution in [2.24, 2.45) is 5.84 Å². The van der Waals surface area contributed by atoms with Crippen molar-refractivity contribution in [3.63, 3.8) is 0 Å². The van der Waals surface area contributed by atoms with E-state index in [2.05, 4.69) is 5.43 Å². The number of nitrogens with one attached hydrogen (secondary N) is 1. The van der Waals surface area contributed by atoms with Gasteiger partial charge in [-0.05, 0) is 41.8 Å². The van der Waals surface area contributed by atoms with Crippen LogP contribution in [0.2, 0.25) is 10.0 Å². The van der Waals surface area contributed by atoms with Crippen molar-refractivity contribution in [1.29, 1.82) is 0 Å². The molecule has 0 aliphatic rings. The summed E-state index contributed by atoms with van der Waals surface area (Å²) in [6.45, 7) is 0. The molecule has 0 bridgehead atoms. The predicted octanol–water partition coefficient (Wildman–Crippen LogP) is 3.88. The van der Waals surface area contributed by atoms with E-state index in [1.165, 1.54) is 6.07 Å². The Labute approximate surface area is 121 Å². The number of hydrazine groups is 1. The summed E-state index contributed by atoms with van der Waals surface area (Å²) in [5, 5.41) is 1.05. The van der Waals surface area contributed by atoms with Crippen molar-refractivity contribution in [3.05, 3.63) is 69.5 Å². The molecule has 0 radical (unpaired) electrons. The lowest BCUT2D eigenvalue weighted by Gasteiger charge is -2.17. The third-order valence-electron chi connectivity index (χ3n) is 2.87. The van der Waals surface area contributed by atoms with Gasteiger partial charge in [-0.25, -0.2) is 4.39 Å². The monoisotopic (exact) mass is 298 g/mol. The number of benzene rings is 2. The van der Waals surface area contributed by atoms with E-state index >= 15 is 0 Å². The average molecular weight is 299 g/mol. The molecular formula is C14H13Cl2FN2. The van der Waals surface area contributed by atoms with Crippen LogP contribution in [-0.2, 0) is 6.42 Å². The summed E-state index contributed by atoms with van der Waals surface area (Å²) in [5.41, 5.74) is 4.07. The highest BCUT2D eigenvalue weighted by Gasteiger charge is 2.14. The Kier molecular flexibility index (Phi) is 4.77. The van der Waals surface area contributed by atoms with Crippen molar-refractivity contribution in [1.82, 2.24) is 5.43 Å². The molecule has 0 saturated carbocycles. The highest BCUT2D eigenvalue weighted by Crippen LogP contribution is 2.26. The summed E-state index contributed by atoms with van der Waals surface area (Å²) >= 11 is 11.9. The SMILES string of the molecule is NNC(Cc1ccccc1F)c1cc(Cl)cc(Cl)c1. The highest BCUT2D eigenvalue weighted by atomic mass is 35.5. The van der Waals surface area contributed by atoms with Crippen molar-refractivity contribution in [2.75, 3.05) is 0 Å². The molecule has 1 unspecified atom stereocenters. The van der Waals surface area contributed by atoms with Gasteiger partial charge in [0.25, 0.3) is 0 Å². The summed E-state index contributed by atoms with van der Waals surface area (Å²) in [6, 6.07) is 11.5. The summed E-state index contributed by atoms with van der Waals surface area (Å²) < 4.78 is 13.6. The molecule has 0 aromatic heterocycles. The van der Waals surface area contributed by atoms with Gasteiger partial charge >= 0.3 is 0 Å². The van der Waals surface area contributed by atoms with E-state index in [0.29, 0.717) is 22.0 Å². The van der Waals surface area contributed by atoms with E-state index in [1.54, 1.807) is 36.4 Å². The van der Waals surface area contributed by atoms with Crippen molar-refractivity contribution >= 4 is 23.2 Å². The minimum Gasteiger partial charge on any atom is -0.271 e. The Morgan fingerprint density at radius 1 is 1.11 bits per heavy atom. The van der Waals surface area contributed by atoms with E-state index in [4.69, 9.17) is 29.0 Å². The molecular weight excluding hydrogens is 286 g/mol. The first-order valence-corrected chi connectivity index (χ1v) is 6.51. The number of hydrogen-bond donors (Lipinski definition) is 2. The van der Waals surface area contributed by atoms with Crippen LogP contribution >= 0.6 is 23.2 Å². The van der Waals surface area contributed by atoms with Crippen molar-refractivity contribution in [2.45, 2.75) is 12.5 Å². The average Bonchev–Trinajstić information content (AvgIpc) is 2.36. The fourth-order valence-corrected chi connectivity index (χ4v) is 2.48. The van der Waals surface area contributed by atoms with Crippen LogP contribution < -0.4 is 11.3 Å². The first kappa shape index (κ1) is 14.3. The lowest BCUT2D eigenvalue weighted by Crippen LogP contribution is -2.29. The summed E-state index contributed by atoms with van der Waals surface area (Å²) in [4.78, 5) is 0. The number of hydrogen-bond acceptors (Lipinski definition) is 2. The molecule has 0 aliphatic carbocycles.